The van der Waals surface area contributed by atoms with Gasteiger partial charge in [0, 0.05) is 25.5 Å². The van der Waals surface area contributed by atoms with Crippen molar-refractivity contribution in [3.63, 3.8) is 0 Å². The highest BCUT2D eigenvalue weighted by Crippen LogP contribution is 2.36. The minimum absolute atomic E-state index is 0.123. The molecule has 1 amide bonds. The SMILES string of the molecule is CCOc1ccc(COc2cc(OC(=O)N(C)C)cn3c2c(C(=O)O)c2ccccc23)cc1. The predicted octanol–water partition coefficient (Wildman–Crippen LogP) is 4.83. The zero-order valence-electron chi connectivity index (χ0n) is 18.6. The number of rotatable bonds is 7. The number of para-hydroxylation sites is 1. The van der Waals surface area contributed by atoms with Crippen molar-refractivity contribution in [3.8, 4) is 17.2 Å². The summed E-state index contributed by atoms with van der Waals surface area (Å²) >= 11 is 0. The number of hydrogen-bond acceptors (Lipinski definition) is 5. The highest BCUT2D eigenvalue weighted by molar-refractivity contribution is 6.12. The van der Waals surface area contributed by atoms with Gasteiger partial charge in [-0.2, -0.15) is 0 Å². The number of carboxylic acid groups (broad SMARTS) is 1. The van der Waals surface area contributed by atoms with Crippen LogP contribution in [0.2, 0.25) is 0 Å². The first-order valence-electron chi connectivity index (χ1n) is 10.4. The summed E-state index contributed by atoms with van der Waals surface area (Å²) in [5.74, 6) is 0.215. The molecule has 170 valence electrons. The fourth-order valence-corrected chi connectivity index (χ4v) is 3.59. The normalized spacial score (nSPS) is 10.9. The number of amides is 1. The van der Waals surface area contributed by atoms with Gasteiger partial charge in [0.15, 0.2) is 5.75 Å². The van der Waals surface area contributed by atoms with Gasteiger partial charge in [0.05, 0.1) is 23.9 Å². The molecule has 33 heavy (non-hydrogen) atoms. The van der Waals surface area contributed by atoms with Crippen molar-refractivity contribution in [1.29, 1.82) is 0 Å². The smallest absolute Gasteiger partial charge is 0.414 e. The van der Waals surface area contributed by atoms with Crippen molar-refractivity contribution < 1.29 is 28.9 Å². The number of hydrogen-bond donors (Lipinski definition) is 1. The molecule has 2 aromatic carbocycles. The molecule has 0 atom stereocenters. The Hall–Kier alpha value is -4.20. The summed E-state index contributed by atoms with van der Waals surface area (Å²) in [5, 5.41) is 10.5. The molecule has 8 heteroatoms. The van der Waals surface area contributed by atoms with Gasteiger partial charge in [-0.1, -0.05) is 30.3 Å². The minimum atomic E-state index is -1.07. The van der Waals surface area contributed by atoms with Gasteiger partial charge in [0.2, 0.25) is 0 Å². The van der Waals surface area contributed by atoms with Gasteiger partial charge in [-0.3, -0.25) is 0 Å². The molecule has 1 N–H and O–H groups in total. The summed E-state index contributed by atoms with van der Waals surface area (Å²) < 4.78 is 18.7. The number of nitrogens with zero attached hydrogens (tertiary/aromatic N) is 2. The largest absolute Gasteiger partial charge is 0.494 e. The van der Waals surface area contributed by atoms with Crippen molar-refractivity contribution in [2.45, 2.75) is 13.5 Å². The van der Waals surface area contributed by atoms with Gasteiger partial charge in [0.1, 0.15) is 23.6 Å². The van der Waals surface area contributed by atoms with Crippen LogP contribution >= 0.6 is 0 Å². The van der Waals surface area contributed by atoms with Crippen molar-refractivity contribution >= 4 is 28.5 Å². The number of fused-ring (bicyclic) bond motifs is 3. The standard InChI is InChI=1S/C25H24N2O6/c1-4-31-17-11-9-16(10-12-17)15-32-21-13-18(33-25(30)26(2)3)14-27-20-8-6-5-7-19(20)22(23(21)27)24(28)29/h5-14H,4,15H2,1-3H3,(H,28,29). The van der Waals surface area contributed by atoms with E-state index in [1.807, 2.05) is 43.3 Å². The van der Waals surface area contributed by atoms with E-state index < -0.39 is 12.1 Å². The van der Waals surface area contributed by atoms with Crippen LogP contribution in [-0.2, 0) is 6.61 Å². The molecule has 0 unspecified atom stereocenters. The fraction of sp³-hybridized carbons (Fsp3) is 0.200. The van der Waals surface area contributed by atoms with E-state index in [1.54, 1.807) is 36.8 Å². The van der Waals surface area contributed by atoms with Crippen molar-refractivity contribution in [3.05, 3.63) is 71.9 Å². The van der Waals surface area contributed by atoms with Gasteiger partial charge in [-0.25, -0.2) is 9.59 Å². The molecule has 0 spiro atoms. The summed E-state index contributed by atoms with van der Waals surface area (Å²) in [7, 11) is 3.16. The molecule has 4 aromatic rings. The van der Waals surface area contributed by atoms with Crippen molar-refractivity contribution in [1.82, 2.24) is 9.30 Å². The average Bonchev–Trinajstić information content (AvgIpc) is 3.13. The van der Waals surface area contributed by atoms with Crippen LogP contribution in [0.1, 0.15) is 22.8 Å². The molecule has 0 saturated heterocycles. The summed E-state index contributed by atoms with van der Waals surface area (Å²) in [6, 6.07) is 16.1. The first-order chi connectivity index (χ1) is 15.9. The molecule has 0 radical (unpaired) electrons. The molecule has 0 saturated carbocycles. The van der Waals surface area contributed by atoms with Gasteiger partial charge >= 0.3 is 12.1 Å². The third kappa shape index (κ3) is 4.41. The molecule has 0 aliphatic rings. The number of pyridine rings is 1. The maximum absolute atomic E-state index is 12.2. The van der Waals surface area contributed by atoms with E-state index in [4.69, 9.17) is 14.2 Å². The number of carboxylic acids is 1. The minimum Gasteiger partial charge on any atom is -0.494 e. The Balaban J connectivity index is 1.81. The highest BCUT2D eigenvalue weighted by atomic mass is 16.6. The summed E-state index contributed by atoms with van der Waals surface area (Å²) in [6.07, 6.45) is 1.04. The van der Waals surface area contributed by atoms with Crippen LogP contribution in [0.4, 0.5) is 4.79 Å². The first-order valence-corrected chi connectivity index (χ1v) is 10.4. The van der Waals surface area contributed by atoms with Crippen LogP contribution in [0.3, 0.4) is 0 Å². The van der Waals surface area contributed by atoms with Crippen LogP contribution in [0.25, 0.3) is 16.4 Å². The maximum Gasteiger partial charge on any atom is 0.414 e. The zero-order chi connectivity index (χ0) is 23.5. The second-order valence-corrected chi connectivity index (χ2v) is 7.58. The van der Waals surface area contributed by atoms with Crippen LogP contribution in [-0.4, -0.2) is 47.2 Å². The van der Waals surface area contributed by atoms with Gasteiger partial charge in [-0.15, -0.1) is 0 Å². The lowest BCUT2D eigenvalue weighted by Gasteiger charge is -2.14. The molecule has 4 rings (SSSR count). The Morgan fingerprint density at radius 2 is 1.73 bits per heavy atom. The molecule has 0 fully saturated rings. The van der Waals surface area contributed by atoms with E-state index in [-0.39, 0.29) is 17.9 Å². The van der Waals surface area contributed by atoms with E-state index in [2.05, 4.69) is 0 Å². The highest BCUT2D eigenvalue weighted by Gasteiger charge is 2.23. The van der Waals surface area contributed by atoms with Crippen molar-refractivity contribution in [2.75, 3.05) is 20.7 Å². The first kappa shape index (κ1) is 22.0. The number of carbonyl (C=O) groups excluding carboxylic acids is 1. The Kier molecular flexibility index (Phi) is 6.08. The molecule has 2 aromatic heterocycles. The second-order valence-electron chi connectivity index (χ2n) is 7.58. The van der Waals surface area contributed by atoms with Crippen LogP contribution in [0.15, 0.2) is 60.8 Å². The third-order valence-electron chi connectivity index (χ3n) is 5.09. The Bertz CT molecular complexity index is 1320. The van der Waals surface area contributed by atoms with Crippen molar-refractivity contribution in [2.24, 2.45) is 0 Å². The number of aromatic carboxylic acids is 1. The van der Waals surface area contributed by atoms with Crippen LogP contribution in [0.5, 0.6) is 17.2 Å². The Morgan fingerprint density at radius 3 is 2.39 bits per heavy atom. The fourth-order valence-electron chi connectivity index (χ4n) is 3.59. The lowest BCUT2D eigenvalue weighted by atomic mass is 10.1. The summed E-state index contributed by atoms with van der Waals surface area (Å²) in [6.45, 7) is 2.68. The second kappa shape index (κ2) is 9.12. The molecule has 2 heterocycles. The molecule has 0 bridgehead atoms. The van der Waals surface area contributed by atoms with E-state index in [9.17, 15) is 14.7 Å². The lowest BCUT2D eigenvalue weighted by Crippen LogP contribution is -2.25. The number of aromatic nitrogens is 1. The Labute approximate surface area is 190 Å². The van der Waals surface area contributed by atoms with Gasteiger partial charge in [-0.05, 0) is 30.7 Å². The van der Waals surface area contributed by atoms with E-state index in [0.717, 1.165) is 11.3 Å². The van der Waals surface area contributed by atoms with Gasteiger partial charge < -0.3 is 28.6 Å². The average molecular weight is 448 g/mol. The van der Waals surface area contributed by atoms with E-state index in [1.165, 1.54) is 11.0 Å². The molecular formula is C25H24N2O6. The lowest BCUT2D eigenvalue weighted by molar-refractivity contribution is 0.0700. The Morgan fingerprint density at radius 1 is 1.00 bits per heavy atom. The maximum atomic E-state index is 12.2. The van der Waals surface area contributed by atoms with Crippen LogP contribution in [0, 0.1) is 0 Å². The van der Waals surface area contributed by atoms with Gasteiger partial charge in [0.25, 0.3) is 0 Å². The van der Waals surface area contributed by atoms with E-state index >= 15 is 0 Å². The predicted molar refractivity (Wildman–Crippen MR) is 124 cm³/mol. The summed E-state index contributed by atoms with van der Waals surface area (Å²) in [4.78, 5) is 25.6. The zero-order valence-corrected chi connectivity index (χ0v) is 18.6. The summed E-state index contributed by atoms with van der Waals surface area (Å²) in [5.41, 5.74) is 2.05. The van der Waals surface area contributed by atoms with E-state index in [0.29, 0.717) is 28.8 Å². The molecule has 0 aliphatic carbocycles. The number of ether oxygens (including phenoxy) is 3. The number of benzene rings is 2. The van der Waals surface area contributed by atoms with Crippen LogP contribution < -0.4 is 14.2 Å². The molecule has 8 nitrogen and oxygen atoms in total. The topological polar surface area (TPSA) is 89.7 Å². The molecular weight excluding hydrogens is 424 g/mol. The molecule has 0 aliphatic heterocycles. The number of carbonyl (C=O) groups is 2. The monoisotopic (exact) mass is 448 g/mol. The third-order valence-corrected chi connectivity index (χ3v) is 5.09. The quantitative estimate of drug-likeness (QED) is 0.436.